The molecule has 6 nitrogen and oxygen atoms in total. The standard InChI is InChI=1S/C45H85NO5/c1-3-5-7-9-11-12-13-14-15-16-17-18-19-20-21-22-23-24-25-26-27-32-36-40-45(50)51-42(37-33-29-10-8-6-4-2)38-34-30-28-31-35-39-43(47)46-41-44(48)49/h16-17,42H,3-15,18-41H2,1-2H3,(H,46,47)(H,48,49)/b17-16-. The smallest absolute Gasteiger partial charge is 0.322 e. The lowest BCUT2D eigenvalue weighted by atomic mass is 10.0. The molecule has 0 bridgehead atoms. The van der Waals surface area contributed by atoms with Gasteiger partial charge in [-0.05, 0) is 64.2 Å². The van der Waals surface area contributed by atoms with Gasteiger partial charge in [0.2, 0.25) is 5.91 Å². The number of aliphatic carboxylic acids is 1. The number of hydrogen-bond donors (Lipinski definition) is 2. The molecule has 0 saturated carbocycles. The molecule has 0 aromatic rings. The van der Waals surface area contributed by atoms with Crippen molar-refractivity contribution in [3.63, 3.8) is 0 Å². The molecule has 0 rings (SSSR count). The summed E-state index contributed by atoms with van der Waals surface area (Å²) >= 11 is 0. The summed E-state index contributed by atoms with van der Waals surface area (Å²) in [4.78, 5) is 34.9. The van der Waals surface area contributed by atoms with Crippen molar-refractivity contribution in [1.29, 1.82) is 0 Å². The Labute approximate surface area is 316 Å². The summed E-state index contributed by atoms with van der Waals surface area (Å²) in [6, 6.07) is 0. The van der Waals surface area contributed by atoms with Gasteiger partial charge < -0.3 is 15.2 Å². The lowest BCUT2D eigenvalue weighted by molar-refractivity contribution is -0.150. The zero-order valence-corrected chi connectivity index (χ0v) is 34.0. The van der Waals surface area contributed by atoms with E-state index in [1.165, 1.54) is 154 Å². The number of carboxylic acids is 1. The van der Waals surface area contributed by atoms with E-state index < -0.39 is 5.97 Å². The number of amides is 1. The summed E-state index contributed by atoms with van der Waals surface area (Å²) in [6.07, 6.45) is 47.9. The van der Waals surface area contributed by atoms with Crippen molar-refractivity contribution in [2.75, 3.05) is 6.54 Å². The van der Waals surface area contributed by atoms with Crippen molar-refractivity contribution >= 4 is 17.8 Å². The number of unbranched alkanes of at least 4 members (excludes halogenated alkanes) is 28. The van der Waals surface area contributed by atoms with Gasteiger partial charge >= 0.3 is 11.9 Å². The first-order valence-corrected chi connectivity index (χ1v) is 22.3. The van der Waals surface area contributed by atoms with Crippen molar-refractivity contribution < 1.29 is 24.2 Å². The summed E-state index contributed by atoms with van der Waals surface area (Å²) < 4.78 is 5.99. The monoisotopic (exact) mass is 720 g/mol. The summed E-state index contributed by atoms with van der Waals surface area (Å²) in [5.41, 5.74) is 0. The van der Waals surface area contributed by atoms with Crippen molar-refractivity contribution in [2.24, 2.45) is 0 Å². The first kappa shape index (κ1) is 49.1. The molecule has 2 N–H and O–H groups in total. The number of nitrogens with one attached hydrogen (secondary N) is 1. The Bertz CT molecular complexity index is 797. The molecule has 1 unspecified atom stereocenters. The van der Waals surface area contributed by atoms with E-state index in [1.807, 2.05) is 0 Å². The van der Waals surface area contributed by atoms with Gasteiger partial charge in [0.05, 0.1) is 0 Å². The van der Waals surface area contributed by atoms with Crippen LogP contribution in [0.15, 0.2) is 12.2 Å². The SMILES string of the molecule is CCCCCCCCCC/C=C\CCCCCCCCCCCCCC(=O)OC(CCCCCCCC)CCCCCCCC(=O)NCC(=O)O. The van der Waals surface area contributed by atoms with Gasteiger partial charge in [-0.15, -0.1) is 0 Å². The molecule has 0 aromatic carbocycles. The fourth-order valence-corrected chi connectivity index (χ4v) is 6.86. The molecule has 0 spiro atoms. The van der Waals surface area contributed by atoms with Gasteiger partial charge in [-0.25, -0.2) is 0 Å². The molecule has 1 amide bonds. The van der Waals surface area contributed by atoms with Gasteiger partial charge in [-0.3, -0.25) is 14.4 Å². The Hall–Kier alpha value is -1.85. The maximum absolute atomic E-state index is 12.7. The van der Waals surface area contributed by atoms with Crippen LogP contribution in [0, 0.1) is 0 Å². The van der Waals surface area contributed by atoms with Crippen LogP contribution in [0.4, 0.5) is 0 Å². The summed E-state index contributed by atoms with van der Waals surface area (Å²) in [5.74, 6) is -1.22. The average molecular weight is 720 g/mol. The van der Waals surface area contributed by atoms with Crippen molar-refractivity contribution in [3.8, 4) is 0 Å². The van der Waals surface area contributed by atoms with Crippen LogP contribution >= 0.6 is 0 Å². The van der Waals surface area contributed by atoms with Gasteiger partial charge in [0.25, 0.3) is 0 Å². The second kappa shape index (κ2) is 40.9. The van der Waals surface area contributed by atoms with Crippen molar-refractivity contribution in [1.82, 2.24) is 5.32 Å². The minimum atomic E-state index is -1.01. The van der Waals surface area contributed by atoms with E-state index in [-0.39, 0.29) is 24.5 Å². The van der Waals surface area contributed by atoms with E-state index in [2.05, 4.69) is 31.3 Å². The van der Waals surface area contributed by atoms with Crippen molar-refractivity contribution in [2.45, 2.75) is 251 Å². The molecular weight excluding hydrogens is 634 g/mol. The molecule has 51 heavy (non-hydrogen) atoms. The second-order valence-electron chi connectivity index (χ2n) is 15.3. The first-order valence-electron chi connectivity index (χ1n) is 22.3. The van der Waals surface area contributed by atoms with Gasteiger partial charge in [-0.2, -0.15) is 0 Å². The molecule has 0 fully saturated rings. The van der Waals surface area contributed by atoms with E-state index in [4.69, 9.17) is 9.84 Å². The second-order valence-corrected chi connectivity index (χ2v) is 15.3. The number of rotatable bonds is 41. The van der Waals surface area contributed by atoms with E-state index in [0.29, 0.717) is 12.8 Å². The molecule has 0 aliphatic rings. The summed E-state index contributed by atoms with van der Waals surface area (Å²) in [7, 11) is 0. The number of esters is 1. The Balaban J connectivity index is 3.81. The summed E-state index contributed by atoms with van der Waals surface area (Å²) in [5, 5.41) is 11.1. The molecule has 1 atom stereocenters. The van der Waals surface area contributed by atoms with Crippen LogP contribution in [0.3, 0.4) is 0 Å². The maximum Gasteiger partial charge on any atom is 0.322 e. The van der Waals surface area contributed by atoms with Crippen LogP contribution in [0.25, 0.3) is 0 Å². The Morgan fingerprint density at radius 3 is 1.25 bits per heavy atom. The number of ether oxygens (including phenoxy) is 1. The van der Waals surface area contributed by atoms with Crippen LogP contribution in [0.1, 0.15) is 245 Å². The first-order chi connectivity index (χ1) is 25.0. The lowest BCUT2D eigenvalue weighted by Gasteiger charge is -2.18. The number of carbonyl (C=O) groups excluding carboxylic acids is 2. The number of allylic oxidation sites excluding steroid dienone is 2. The molecule has 6 heteroatoms. The van der Waals surface area contributed by atoms with Crippen molar-refractivity contribution in [3.05, 3.63) is 12.2 Å². The van der Waals surface area contributed by atoms with Gasteiger partial charge in [0.1, 0.15) is 12.6 Å². The third-order valence-electron chi connectivity index (χ3n) is 10.2. The molecule has 300 valence electrons. The van der Waals surface area contributed by atoms with E-state index in [1.54, 1.807) is 0 Å². The predicted molar refractivity (Wildman–Crippen MR) is 217 cm³/mol. The van der Waals surface area contributed by atoms with E-state index in [0.717, 1.165) is 64.2 Å². The quantitative estimate of drug-likeness (QED) is 0.0373. The van der Waals surface area contributed by atoms with Gasteiger partial charge in [0, 0.05) is 12.8 Å². The Morgan fingerprint density at radius 1 is 0.490 bits per heavy atom. The third-order valence-corrected chi connectivity index (χ3v) is 10.2. The van der Waals surface area contributed by atoms with Gasteiger partial charge in [-0.1, -0.05) is 180 Å². The van der Waals surface area contributed by atoms with Gasteiger partial charge in [0.15, 0.2) is 0 Å². The highest BCUT2D eigenvalue weighted by Crippen LogP contribution is 2.19. The molecule has 0 radical (unpaired) electrons. The molecule has 0 aliphatic heterocycles. The van der Waals surface area contributed by atoms with Crippen LogP contribution in [-0.2, 0) is 19.1 Å². The normalized spacial score (nSPS) is 12.0. The molecule has 0 aromatic heterocycles. The Morgan fingerprint density at radius 2 is 0.843 bits per heavy atom. The van der Waals surface area contributed by atoms with Crippen LogP contribution in [0.5, 0.6) is 0 Å². The zero-order valence-electron chi connectivity index (χ0n) is 34.0. The average Bonchev–Trinajstić information content (AvgIpc) is 3.11. The summed E-state index contributed by atoms with van der Waals surface area (Å²) in [6.45, 7) is 4.22. The fraction of sp³-hybridized carbons (Fsp3) is 0.889. The van der Waals surface area contributed by atoms with E-state index in [9.17, 15) is 14.4 Å². The number of hydrogen-bond acceptors (Lipinski definition) is 4. The molecule has 0 aliphatic carbocycles. The molecule has 0 heterocycles. The number of carboxylic acid groups (broad SMARTS) is 1. The topological polar surface area (TPSA) is 92.7 Å². The highest BCUT2D eigenvalue weighted by Gasteiger charge is 2.14. The molecular formula is C45H85NO5. The Kier molecular flexibility index (Phi) is 39.4. The number of carbonyl (C=O) groups is 3. The third kappa shape index (κ3) is 40.8. The maximum atomic E-state index is 12.7. The largest absolute Gasteiger partial charge is 0.480 e. The highest BCUT2D eigenvalue weighted by molar-refractivity contribution is 5.80. The predicted octanol–water partition coefficient (Wildman–Crippen LogP) is 13.7. The van der Waals surface area contributed by atoms with E-state index >= 15 is 0 Å². The zero-order chi connectivity index (χ0) is 37.3. The van der Waals surface area contributed by atoms with Crippen LogP contribution < -0.4 is 5.32 Å². The molecule has 0 saturated heterocycles. The fourth-order valence-electron chi connectivity index (χ4n) is 6.86. The highest BCUT2D eigenvalue weighted by atomic mass is 16.5. The minimum Gasteiger partial charge on any atom is -0.480 e. The minimum absolute atomic E-state index is 0.0163. The van der Waals surface area contributed by atoms with Crippen LogP contribution in [0.2, 0.25) is 0 Å². The van der Waals surface area contributed by atoms with Crippen LogP contribution in [-0.4, -0.2) is 35.6 Å². The lowest BCUT2D eigenvalue weighted by Crippen LogP contribution is -2.28.